The Bertz CT molecular complexity index is 739. The molecule has 0 aliphatic carbocycles. The molecule has 8 heteroatoms. The Hall–Kier alpha value is -0.790. The highest BCUT2D eigenvalue weighted by molar-refractivity contribution is 7.91. The average Bonchev–Trinajstić information content (AvgIpc) is 2.35. The standard InChI is InChI=1S/C13H20ClNO4S2/c1-13(2,9-14)15(3)11-7-6-10(20(4,16)17)8-12(11)21(5,18)19/h6-8H,9H2,1-5H3. The van der Waals surface area contributed by atoms with E-state index in [-0.39, 0.29) is 9.79 Å². The molecule has 1 rings (SSSR count). The number of sulfone groups is 2. The molecule has 0 atom stereocenters. The second-order valence-electron chi connectivity index (χ2n) is 5.68. The van der Waals surface area contributed by atoms with Crippen LogP contribution in [0.25, 0.3) is 0 Å². The number of nitrogens with zero attached hydrogens (tertiary/aromatic N) is 1. The molecule has 0 radical (unpaired) electrons. The topological polar surface area (TPSA) is 71.5 Å². The molecular formula is C13H20ClNO4S2. The molecule has 0 N–H and O–H groups in total. The number of benzene rings is 1. The first kappa shape index (κ1) is 18.3. The first-order chi connectivity index (χ1) is 9.30. The van der Waals surface area contributed by atoms with Crippen LogP contribution in [0, 0.1) is 0 Å². The van der Waals surface area contributed by atoms with Crippen molar-refractivity contribution < 1.29 is 16.8 Å². The number of hydrogen-bond acceptors (Lipinski definition) is 5. The average molecular weight is 354 g/mol. The molecule has 0 amide bonds. The van der Waals surface area contributed by atoms with E-state index in [1.165, 1.54) is 18.2 Å². The first-order valence-electron chi connectivity index (χ1n) is 6.14. The van der Waals surface area contributed by atoms with Gasteiger partial charge in [-0.3, -0.25) is 0 Å². The van der Waals surface area contributed by atoms with Crippen molar-refractivity contribution in [3.8, 4) is 0 Å². The predicted molar refractivity (Wildman–Crippen MR) is 85.9 cm³/mol. The Kier molecular flexibility index (Phi) is 5.02. The minimum absolute atomic E-state index is 0.0221. The summed E-state index contributed by atoms with van der Waals surface area (Å²) in [5.74, 6) is 0.292. The number of anilines is 1. The summed E-state index contributed by atoms with van der Waals surface area (Å²) in [7, 11) is -5.33. The van der Waals surface area contributed by atoms with Gasteiger partial charge in [0.1, 0.15) is 0 Å². The van der Waals surface area contributed by atoms with Gasteiger partial charge in [0.15, 0.2) is 19.7 Å². The smallest absolute Gasteiger partial charge is 0.177 e. The van der Waals surface area contributed by atoms with Gasteiger partial charge in [0.05, 0.1) is 15.5 Å². The molecule has 1 aromatic carbocycles. The van der Waals surface area contributed by atoms with Crippen LogP contribution in [-0.2, 0) is 19.7 Å². The SMILES string of the molecule is CN(c1ccc(S(C)(=O)=O)cc1S(C)(=O)=O)C(C)(C)CCl. The second-order valence-corrected chi connectivity index (χ2v) is 9.95. The first-order valence-corrected chi connectivity index (χ1v) is 10.5. The normalized spacial score (nSPS) is 13.2. The van der Waals surface area contributed by atoms with Crippen LogP contribution in [0.2, 0.25) is 0 Å². The van der Waals surface area contributed by atoms with Crippen molar-refractivity contribution in [3.05, 3.63) is 18.2 Å². The number of alkyl halides is 1. The molecule has 120 valence electrons. The molecule has 1 aromatic rings. The molecule has 0 fully saturated rings. The van der Waals surface area contributed by atoms with Gasteiger partial charge in [-0.05, 0) is 32.0 Å². The summed E-state index contributed by atoms with van der Waals surface area (Å²) < 4.78 is 47.2. The van der Waals surface area contributed by atoms with Gasteiger partial charge in [0, 0.05) is 31.0 Å². The molecule has 0 unspecified atom stereocenters. The summed E-state index contributed by atoms with van der Waals surface area (Å²) >= 11 is 5.92. The fourth-order valence-electron chi connectivity index (χ4n) is 1.71. The lowest BCUT2D eigenvalue weighted by molar-refractivity contribution is 0.540. The minimum Gasteiger partial charge on any atom is -0.367 e. The molecule has 0 aliphatic heterocycles. The van der Waals surface area contributed by atoms with Crippen molar-refractivity contribution in [2.24, 2.45) is 0 Å². The molecule has 0 spiro atoms. The zero-order valence-corrected chi connectivity index (χ0v) is 15.1. The monoisotopic (exact) mass is 353 g/mol. The van der Waals surface area contributed by atoms with Gasteiger partial charge in [-0.1, -0.05) is 0 Å². The summed E-state index contributed by atoms with van der Waals surface area (Å²) in [5.41, 5.74) is -0.0521. The Balaban J connectivity index is 3.62. The van der Waals surface area contributed by atoms with Crippen LogP contribution in [0.5, 0.6) is 0 Å². The molecule has 0 aliphatic rings. The molecular weight excluding hydrogens is 334 g/mol. The Morgan fingerprint density at radius 3 is 2.00 bits per heavy atom. The van der Waals surface area contributed by atoms with Crippen LogP contribution < -0.4 is 4.90 Å². The van der Waals surface area contributed by atoms with Crippen molar-refractivity contribution in [2.45, 2.75) is 29.2 Å². The van der Waals surface area contributed by atoms with E-state index >= 15 is 0 Å². The van der Waals surface area contributed by atoms with Crippen molar-refractivity contribution in [3.63, 3.8) is 0 Å². The molecule has 0 saturated heterocycles. The summed E-state index contributed by atoms with van der Waals surface area (Å²) in [6.07, 6.45) is 2.10. The largest absolute Gasteiger partial charge is 0.367 e. The highest BCUT2D eigenvalue weighted by atomic mass is 35.5. The maximum atomic E-state index is 12.0. The minimum atomic E-state index is -3.58. The molecule has 21 heavy (non-hydrogen) atoms. The maximum absolute atomic E-state index is 12.0. The van der Waals surface area contributed by atoms with Gasteiger partial charge in [0.25, 0.3) is 0 Å². The third-order valence-corrected chi connectivity index (χ3v) is 6.25. The van der Waals surface area contributed by atoms with Crippen LogP contribution in [0.3, 0.4) is 0 Å². The van der Waals surface area contributed by atoms with Crippen LogP contribution in [0.15, 0.2) is 28.0 Å². The van der Waals surface area contributed by atoms with E-state index in [2.05, 4.69) is 0 Å². The summed E-state index contributed by atoms with van der Waals surface area (Å²) in [6.45, 7) is 3.74. The Morgan fingerprint density at radius 2 is 1.62 bits per heavy atom. The van der Waals surface area contributed by atoms with Crippen molar-refractivity contribution in [1.82, 2.24) is 0 Å². The highest BCUT2D eigenvalue weighted by Gasteiger charge is 2.28. The fourth-order valence-corrected chi connectivity index (χ4v) is 3.54. The van der Waals surface area contributed by atoms with Crippen LogP contribution in [0.4, 0.5) is 5.69 Å². The van der Waals surface area contributed by atoms with E-state index in [4.69, 9.17) is 11.6 Å². The molecule has 0 heterocycles. The van der Waals surface area contributed by atoms with E-state index < -0.39 is 25.2 Å². The summed E-state index contributed by atoms with van der Waals surface area (Å²) in [4.78, 5) is 1.69. The van der Waals surface area contributed by atoms with E-state index in [0.717, 1.165) is 12.5 Å². The van der Waals surface area contributed by atoms with Crippen molar-refractivity contribution in [1.29, 1.82) is 0 Å². The molecule has 0 aromatic heterocycles. The van der Waals surface area contributed by atoms with Gasteiger partial charge < -0.3 is 4.90 Å². The zero-order valence-electron chi connectivity index (χ0n) is 12.7. The predicted octanol–water partition coefficient (Wildman–Crippen LogP) is 1.95. The van der Waals surface area contributed by atoms with Crippen molar-refractivity contribution in [2.75, 3.05) is 30.3 Å². The highest BCUT2D eigenvalue weighted by Crippen LogP contribution is 2.32. The second kappa shape index (κ2) is 5.78. The summed E-state index contributed by atoms with van der Waals surface area (Å²) in [5, 5.41) is 0. The third kappa shape index (κ3) is 4.11. The fraction of sp³-hybridized carbons (Fsp3) is 0.538. The molecule has 5 nitrogen and oxygen atoms in total. The Labute approximate surface area is 131 Å². The third-order valence-electron chi connectivity index (χ3n) is 3.36. The van der Waals surface area contributed by atoms with Gasteiger partial charge in [-0.2, -0.15) is 0 Å². The Morgan fingerprint density at radius 1 is 1.10 bits per heavy atom. The van der Waals surface area contributed by atoms with Gasteiger partial charge >= 0.3 is 0 Å². The molecule has 0 bridgehead atoms. The lowest BCUT2D eigenvalue weighted by atomic mass is 10.1. The maximum Gasteiger partial charge on any atom is 0.177 e. The lowest BCUT2D eigenvalue weighted by Crippen LogP contribution is -2.43. The molecule has 0 saturated carbocycles. The zero-order chi connectivity index (χ0) is 16.6. The van der Waals surface area contributed by atoms with E-state index in [1.807, 2.05) is 13.8 Å². The number of rotatable bonds is 5. The van der Waals surface area contributed by atoms with E-state index in [0.29, 0.717) is 11.6 Å². The lowest BCUT2D eigenvalue weighted by Gasteiger charge is -2.36. The van der Waals surface area contributed by atoms with Gasteiger partial charge in [-0.15, -0.1) is 11.6 Å². The van der Waals surface area contributed by atoms with Crippen molar-refractivity contribution >= 4 is 37.0 Å². The number of hydrogen-bond donors (Lipinski definition) is 0. The van der Waals surface area contributed by atoms with Crippen LogP contribution >= 0.6 is 11.6 Å². The van der Waals surface area contributed by atoms with E-state index in [1.54, 1.807) is 11.9 Å². The van der Waals surface area contributed by atoms with Gasteiger partial charge in [0.2, 0.25) is 0 Å². The van der Waals surface area contributed by atoms with Gasteiger partial charge in [-0.25, -0.2) is 16.8 Å². The van der Waals surface area contributed by atoms with Crippen LogP contribution in [0.1, 0.15) is 13.8 Å². The summed E-state index contributed by atoms with van der Waals surface area (Å²) in [6, 6.07) is 4.10. The quantitative estimate of drug-likeness (QED) is 0.756. The van der Waals surface area contributed by atoms with E-state index in [9.17, 15) is 16.8 Å². The van der Waals surface area contributed by atoms with Crippen LogP contribution in [-0.4, -0.2) is 47.8 Å². The number of halogens is 1.